The van der Waals surface area contributed by atoms with Crippen LogP contribution in [0.15, 0.2) is 12.1 Å². The molecule has 2 fully saturated rings. The Hall–Kier alpha value is -1.01. The van der Waals surface area contributed by atoms with Crippen molar-refractivity contribution in [3.8, 4) is 5.75 Å². The summed E-state index contributed by atoms with van der Waals surface area (Å²) in [6.45, 7) is 2.90. The van der Waals surface area contributed by atoms with Crippen molar-refractivity contribution in [3.05, 3.63) is 27.7 Å². The van der Waals surface area contributed by atoms with Gasteiger partial charge in [0.25, 0.3) is 0 Å². The summed E-state index contributed by atoms with van der Waals surface area (Å²) in [6.07, 6.45) is 1.36. The molecule has 1 aromatic rings. The maximum atomic E-state index is 12.4. The lowest BCUT2D eigenvalue weighted by molar-refractivity contribution is -0.137. The van der Waals surface area contributed by atoms with E-state index in [2.05, 4.69) is 5.32 Å². The fraction of sp³-hybridized carbons (Fsp3) is 0.588. The molecule has 7 heteroatoms. The van der Waals surface area contributed by atoms with Crippen LogP contribution in [0.4, 0.5) is 0 Å². The van der Waals surface area contributed by atoms with Gasteiger partial charge in [0.05, 0.1) is 22.1 Å². The zero-order valence-electron chi connectivity index (χ0n) is 13.3. The topological polar surface area (TPSA) is 72.8 Å². The van der Waals surface area contributed by atoms with Crippen molar-refractivity contribution < 1.29 is 15.0 Å². The van der Waals surface area contributed by atoms with E-state index in [1.54, 1.807) is 0 Å². The van der Waals surface area contributed by atoms with Crippen molar-refractivity contribution in [2.24, 2.45) is 11.8 Å². The molecule has 2 aliphatic heterocycles. The van der Waals surface area contributed by atoms with Crippen LogP contribution >= 0.6 is 23.2 Å². The highest BCUT2D eigenvalue weighted by Crippen LogP contribution is 2.41. The van der Waals surface area contributed by atoms with Crippen LogP contribution in [0.1, 0.15) is 30.9 Å². The number of carbonyl (C=O) groups excluding carboxylic acids is 1. The molecule has 0 radical (unpaired) electrons. The maximum Gasteiger partial charge on any atom is 0.227 e. The number of carbonyl (C=O) groups is 1. The molecule has 2 saturated heterocycles. The molecular weight excluding hydrogens is 351 g/mol. The van der Waals surface area contributed by atoms with E-state index in [1.165, 1.54) is 12.1 Å². The largest absolute Gasteiger partial charge is 0.508 e. The van der Waals surface area contributed by atoms with Crippen molar-refractivity contribution >= 4 is 29.1 Å². The highest BCUT2D eigenvalue weighted by Gasteiger charge is 2.33. The van der Waals surface area contributed by atoms with Crippen LogP contribution in [0.25, 0.3) is 0 Å². The summed E-state index contributed by atoms with van der Waals surface area (Å²) in [5.74, 6) is 0.180. The third-order valence-corrected chi connectivity index (χ3v) is 5.93. The first kappa shape index (κ1) is 17.8. The van der Waals surface area contributed by atoms with Crippen molar-refractivity contribution in [2.75, 3.05) is 26.2 Å². The number of amides is 1. The van der Waals surface area contributed by atoms with Gasteiger partial charge in [0, 0.05) is 25.2 Å². The first-order valence-electron chi connectivity index (χ1n) is 8.33. The molecule has 2 aliphatic rings. The molecule has 5 nitrogen and oxygen atoms in total. The normalized spacial score (nSPS) is 23.5. The summed E-state index contributed by atoms with van der Waals surface area (Å²) in [5, 5.41) is 24.4. The van der Waals surface area contributed by atoms with Crippen molar-refractivity contribution in [2.45, 2.75) is 25.4 Å². The number of phenols is 1. The number of likely N-dealkylation sites (tertiary alicyclic amines) is 1. The molecule has 0 unspecified atom stereocenters. The Morgan fingerprint density at radius 1 is 1.25 bits per heavy atom. The van der Waals surface area contributed by atoms with Crippen LogP contribution in [-0.4, -0.2) is 47.2 Å². The van der Waals surface area contributed by atoms with Gasteiger partial charge < -0.3 is 20.4 Å². The number of benzene rings is 1. The zero-order chi connectivity index (χ0) is 17.3. The summed E-state index contributed by atoms with van der Waals surface area (Å²) in [4.78, 5) is 14.3. The van der Waals surface area contributed by atoms with Crippen LogP contribution in [0, 0.1) is 11.8 Å². The second kappa shape index (κ2) is 7.48. The number of aromatic hydroxyl groups is 1. The summed E-state index contributed by atoms with van der Waals surface area (Å²) in [7, 11) is 0. The molecule has 0 aromatic heterocycles. The predicted molar refractivity (Wildman–Crippen MR) is 93.4 cm³/mol. The van der Waals surface area contributed by atoms with Crippen LogP contribution in [0.3, 0.4) is 0 Å². The second-order valence-electron chi connectivity index (χ2n) is 6.59. The van der Waals surface area contributed by atoms with E-state index in [4.69, 9.17) is 23.2 Å². The smallest absolute Gasteiger partial charge is 0.227 e. The van der Waals surface area contributed by atoms with E-state index < -0.39 is 6.10 Å². The molecule has 0 saturated carbocycles. The summed E-state index contributed by atoms with van der Waals surface area (Å²) in [5.41, 5.74) is 0.286. The Balaban J connectivity index is 1.64. The molecule has 0 bridgehead atoms. The van der Waals surface area contributed by atoms with Gasteiger partial charge in [-0.05, 0) is 43.9 Å². The van der Waals surface area contributed by atoms with E-state index in [-0.39, 0.29) is 34.1 Å². The summed E-state index contributed by atoms with van der Waals surface area (Å²) < 4.78 is 0. The lowest BCUT2D eigenvalue weighted by atomic mass is 9.86. The first-order chi connectivity index (χ1) is 11.5. The van der Waals surface area contributed by atoms with E-state index in [0.29, 0.717) is 31.0 Å². The number of rotatable bonds is 3. The summed E-state index contributed by atoms with van der Waals surface area (Å²) >= 11 is 12.1. The van der Waals surface area contributed by atoms with Crippen LogP contribution < -0.4 is 5.32 Å². The monoisotopic (exact) mass is 372 g/mol. The van der Waals surface area contributed by atoms with Gasteiger partial charge in [0.1, 0.15) is 5.75 Å². The number of nitrogens with zero attached hydrogens (tertiary/aromatic N) is 1. The van der Waals surface area contributed by atoms with E-state index >= 15 is 0 Å². The molecule has 3 rings (SSSR count). The standard InChI is InChI=1S/C17H22Cl2N2O3/c18-12-1-2-13(22)14(15(12)19)16(23)10-4-7-21(8-5-10)17(24)11-3-6-20-9-11/h1-2,10-11,16,20,22-23H,3-9H2/t11-,16+/m1/s1. The fourth-order valence-electron chi connectivity index (χ4n) is 3.63. The Bertz CT molecular complexity index is 612. The summed E-state index contributed by atoms with van der Waals surface area (Å²) in [6, 6.07) is 2.95. The first-order valence-corrected chi connectivity index (χ1v) is 9.09. The average Bonchev–Trinajstić information content (AvgIpc) is 3.12. The predicted octanol–water partition coefficient (Wildman–Crippen LogP) is 2.58. The molecule has 3 N–H and O–H groups in total. The van der Waals surface area contributed by atoms with Gasteiger partial charge in [-0.2, -0.15) is 0 Å². The second-order valence-corrected chi connectivity index (χ2v) is 7.38. The van der Waals surface area contributed by atoms with Gasteiger partial charge in [-0.25, -0.2) is 0 Å². The van der Waals surface area contributed by atoms with Crippen molar-refractivity contribution in [1.29, 1.82) is 0 Å². The van der Waals surface area contributed by atoms with Crippen LogP contribution in [-0.2, 0) is 4.79 Å². The third kappa shape index (κ3) is 3.49. The number of halogens is 2. The lowest BCUT2D eigenvalue weighted by Crippen LogP contribution is -2.43. The highest BCUT2D eigenvalue weighted by atomic mass is 35.5. The molecule has 2 atom stereocenters. The van der Waals surface area contributed by atoms with Gasteiger partial charge in [-0.1, -0.05) is 23.2 Å². The minimum Gasteiger partial charge on any atom is -0.508 e. The molecular formula is C17H22Cl2N2O3. The number of aliphatic hydroxyl groups is 1. The SMILES string of the molecule is O=C([C@@H]1CCNC1)N1CCC([C@H](O)c2c(O)ccc(Cl)c2Cl)CC1. The van der Waals surface area contributed by atoms with E-state index in [0.717, 1.165) is 19.5 Å². The van der Waals surface area contributed by atoms with Crippen molar-refractivity contribution in [1.82, 2.24) is 10.2 Å². The van der Waals surface area contributed by atoms with Gasteiger partial charge in [0.2, 0.25) is 5.91 Å². The van der Waals surface area contributed by atoms with E-state index in [1.807, 2.05) is 4.90 Å². The molecule has 24 heavy (non-hydrogen) atoms. The zero-order valence-corrected chi connectivity index (χ0v) is 14.9. The Morgan fingerprint density at radius 2 is 1.96 bits per heavy atom. The number of hydrogen-bond donors (Lipinski definition) is 3. The van der Waals surface area contributed by atoms with Gasteiger partial charge in [-0.15, -0.1) is 0 Å². The number of nitrogens with one attached hydrogen (secondary N) is 1. The van der Waals surface area contributed by atoms with E-state index in [9.17, 15) is 15.0 Å². The number of piperidine rings is 1. The van der Waals surface area contributed by atoms with Crippen molar-refractivity contribution in [3.63, 3.8) is 0 Å². The fourth-order valence-corrected chi connectivity index (χ4v) is 4.07. The van der Waals surface area contributed by atoms with Crippen LogP contribution in [0.5, 0.6) is 5.75 Å². The van der Waals surface area contributed by atoms with Gasteiger partial charge in [-0.3, -0.25) is 4.79 Å². The van der Waals surface area contributed by atoms with Crippen LogP contribution in [0.2, 0.25) is 10.0 Å². The Kier molecular flexibility index (Phi) is 5.55. The minimum absolute atomic E-state index is 0.0487. The molecule has 1 aromatic carbocycles. The molecule has 0 spiro atoms. The third-order valence-electron chi connectivity index (χ3n) is 5.11. The van der Waals surface area contributed by atoms with Gasteiger partial charge >= 0.3 is 0 Å². The lowest BCUT2D eigenvalue weighted by Gasteiger charge is -2.35. The quantitative estimate of drug-likeness (QED) is 0.762. The average molecular weight is 373 g/mol. The molecule has 2 heterocycles. The van der Waals surface area contributed by atoms with Gasteiger partial charge in [0.15, 0.2) is 0 Å². The molecule has 132 valence electrons. The minimum atomic E-state index is -0.887. The number of aliphatic hydroxyl groups excluding tert-OH is 1. The maximum absolute atomic E-state index is 12.4. The Labute approximate surface area is 151 Å². The number of hydrogen-bond acceptors (Lipinski definition) is 4. The number of phenolic OH excluding ortho intramolecular Hbond substituents is 1. The highest BCUT2D eigenvalue weighted by molar-refractivity contribution is 6.42. The molecule has 1 amide bonds. The Morgan fingerprint density at radius 3 is 2.58 bits per heavy atom. The molecule has 0 aliphatic carbocycles.